The number of H-pyrrole nitrogens is 1. The molecular formula is C28H32N8O3. The van der Waals surface area contributed by atoms with E-state index in [2.05, 4.69) is 20.6 Å². The Morgan fingerprint density at radius 1 is 1.21 bits per heavy atom. The molecule has 11 nitrogen and oxygen atoms in total. The number of nitrogen functional groups attached to an aromatic ring is 1. The number of benzene rings is 2. The number of ether oxygens (including phenoxy) is 1. The summed E-state index contributed by atoms with van der Waals surface area (Å²) in [5.41, 5.74) is 7.92. The van der Waals surface area contributed by atoms with Gasteiger partial charge in [-0.2, -0.15) is 10.2 Å². The van der Waals surface area contributed by atoms with Crippen LogP contribution in [-0.4, -0.2) is 61.4 Å². The van der Waals surface area contributed by atoms with Gasteiger partial charge >= 0.3 is 6.09 Å². The summed E-state index contributed by atoms with van der Waals surface area (Å²) < 4.78 is 7.36. The molecule has 0 bridgehead atoms. The van der Waals surface area contributed by atoms with Crippen LogP contribution in [0.3, 0.4) is 0 Å². The van der Waals surface area contributed by atoms with E-state index in [4.69, 9.17) is 15.9 Å². The van der Waals surface area contributed by atoms with Gasteiger partial charge in [-0.1, -0.05) is 24.3 Å². The first-order chi connectivity index (χ1) is 18.6. The maximum Gasteiger partial charge on any atom is 0.410 e. The molecule has 0 aliphatic carbocycles. The number of anilines is 2. The normalized spacial score (nSPS) is 15.8. The molecule has 1 amide bonds. The van der Waals surface area contributed by atoms with Gasteiger partial charge in [-0.15, -0.1) is 0 Å². The van der Waals surface area contributed by atoms with Crippen molar-refractivity contribution in [1.29, 1.82) is 5.41 Å². The van der Waals surface area contributed by atoms with Gasteiger partial charge in [0.05, 0.1) is 28.7 Å². The molecular weight excluding hydrogens is 496 g/mol. The first kappa shape index (κ1) is 26.0. The van der Waals surface area contributed by atoms with Crippen LogP contribution in [0, 0.1) is 5.41 Å². The van der Waals surface area contributed by atoms with Gasteiger partial charge in [-0.05, 0) is 57.9 Å². The Labute approximate surface area is 225 Å². The number of piperidine rings is 1. The van der Waals surface area contributed by atoms with Crippen molar-refractivity contribution in [1.82, 2.24) is 24.9 Å². The number of nitrogens with one attached hydrogen (secondary N) is 3. The second-order valence-corrected chi connectivity index (χ2v) is 10.6. The quantitative estimate of drug-likeness (QED) is 0.286. The monoisotopic (exact) mass is 528 g/mol. The van der Waals surface area contributed by atoms with E-state index in [0.29, 0.717) is 18.7 Å². The summed E-state index contributed by atoms with van der Waals surface area (Å²) in [5, 5.41) is 23.9. The average molecular weight is 529 g/mol. The number of rotatable bonds is 5. The number of fused-ring (bicyclic) bond motifs is 1. The van der Waals surface area contributed by atoms with Crippen LogP contribution < -0.4 is 16.6 Å². The number of likely N-dealkylation sites (tertiary alicyclic amines) is 1. The summed E-state index contributed by atoms with van der Waals surface area (Å²) in [6.45, 7) is 6.40. The maximum atomic E-state index is 12.9. The van der Waals surface area contributed by atoms with Crippen molar-refractivity contribution in [2.45, 2.75) is 45.3 Å². The molecule has 2 aromatic carbocycles. The van der Waals surface area contributed by atoms with Gasteiger partial charge in [0.2, 0.25) is 0 Å². The molecule has 0 radical (unpaired) electrons. The van der Waals surface area contributed by atoms with Crippen molar-refractivity contribution >= 4 is 34.2 Å². The van der Waals surface area contributed by atoms with E-state index in [0.717, 1.165) is 29.4 Å². The van der Waals surface area contributed by atoms with Gasteiger partial charge in [-0.25, -0.2) is 14.6 Å². The number of aromatic nitrogens is 4. The molecule has 11 heteroatoms. The van der Waals surface area contributed by atoms with Crippen molar-refractivity contribution in [3.8, 4) is 5.69 Å². The molecule has 3 heterocycles. The topological polar surface area (TPSA) is 155 Å². The van der Waals surface area contributed by atoms with Crippen LogP contribution in [-0.2, 0) is 4.74 Å². The predicted molar refractivity (Wildman–Crippen MR) is 151 cm³/mol. The number of hydrogen-bond donors (Lipinski definition) is 4. The average Bonchev–Trinajstić information content (AvgIpc) is 3.34. The van der Waals surface area contributed by atoms with Crippen molar-refractivity contribution in [2.75, 3.05) is 24.1 Å². The molecule has 0 saturated carbocycles. The number of para-hydroxylation sites is 1. The molecule has 202 valence electrons. The number of hydrogen-bond acceptors (Lipinski definition) is 8. The highest BCUT2D eigenvalue weighted by atomic mass is 16.6. The highest BCUT2D eigenvalue weighted by molar-refractivity contribution is 6.17. The van der Waals surface area contributed by atoms with E-state index in [1.807, 2.05) is 67.9 Å². The number of nitrogens with zero attached hydrogens (tertiary/aromatic N) is 4. The number of amides is 1. The minimum Gasteiger partial charge on any atom is -0.444 e. The van der Waals surface area contributed by atoms with Crippen LogP contribution in [0.25, 0.3) is 16.6 Å². The van der Waals surface area contributed by atoms with Crippen LogP contribution in [0.1, 0.15) is 44.7 Å². The predicted octanol–water partition coefficient (Wildman–Crippen LogP) is 3.92. The Morgan fingerprint density at radius 2 is 1.97 bits per heavy atom. The Balaban J connectivity index is 1.42. The lowest BCUT2D eigenvalue weighted by Gasteiger charge is -2.35. The lowest BCUT2D eigenvalue weighted by molar-refractivity contribution is 0.0206. The molecule has 1 unspecified atom stereocenters. The summed E-state index contributed by atoms with van der Waals surface area (Å²) in [6.07, 6.45) is 2.82. The summed E-state index contributed by atoms with van der Waals surface area (Å²) in [6, 6.07) is 15.1. The van der Waals surface area contributed by atoms with Crippen LogP contribution in [0.4, 0.5) is 16.3 Å². The number of carbonyl (C=O) groups is 1. The minimum atomic E-state index is -0.602. The molecule has 39 heavy (non-hydrogen) atoms. The fourth-order valence-corrected chi connectivity index (χ4v) is 4.75. The molecule has 1 aliphatic heterocycles. The van der Waals surface area contributed by atoms with Crippen LogP contribution in [0.5, 0.6) is 0 Å². The van der Waals surface area contributed by atoms with Gasteiger partial charge in [0, 0.05) is 30.1 Å². The zero-order chi connectivity index (χ0) is 27.7. The highest BCUT2D eigenvalue weighted by Gasteiger charge is 2.29. The van der Waals surface area contributed by atoms with Crippen molar-refractivity contribution < 1.29 is 9.53 Å². The lowest BCUT2D eigenvalue weighted by atomic mass is 9.99. The SMILES string of the molecule is CC(C)(C)OC(=O)N1CCCC(Nc2c(C(=N)c3ccc4c(cnn4-c4ccccc4)c3)c(N)n[nH]c2=O)C1. The molecule has 1 aliphatic rings. The van der Waals surface area contributed by atoms with E-state index in [-0.39, 0.29) is 28.8 Å². The molecule has 2 aromatic heterocycles. The third kappa shape index (κ3) is 5.47. The lowest BCUT2D eigenvalue weighted by Crippen LogP contribution is -2.47. The summed E-state index contributed by atoms with van der Waals surface area (Å²) >= 11 is 0. The van der Waals surface area contributed by atoms with E-state index in [9.17, 15) is 9.59 Å². The number of aromatic amines is 1. The molecule has 1 fully saturated rings. The van der Waals surface area contributed by atoms with Crippen LogP contribution >= 0.6 is 0 Å². The fourth-order valence-electron chi connectivity index (χ4n) is 4.75. The summed E-state index contributed by atoms with van der Waals surface area (Å²) in [5.74, 6) is 0.0296. The Bertz CT molecular complexity index is 1590. The molecule has 1 atom stereocenters. The molecule has 5 N–H and O–H groups in total. The van der Waals surface area contributed by atoms with E-state index >= 15 is 0 Å². The largest absolute Gasteiger partial charge is 0.444 e. The minimum absolute atomic E-state index is 0.0296. The third-order valence-electron chi connectivity index (χ3n) is 6.54. The highest BCUT2D eigenvalue weighted by Crippen LogP contribution is 2.26. The van der Waals surface area contributed by atoms with Gasteiger partial charge in [0.1, 0.15) is 11.3 Å². The van der Waals surface area contributed by atoms with Crippen molar-refractivity contribution in [3.63, 3.8) is 0 Å². The summed E-state index contributed by atoms with van der Waals surface area (Å²) in [4.78, 5) is 27.2. The Kier molecular flexibility index (Phi) is 6.81. The number of nitrogens with two attached hydrogens (primary N) is 1. The van der Waals surface area contributed by atoms with Gasteiger partial charge in [-0.3, -0.25) is 10.2 Å². The van der Waals surface area contributed by atoms with Gasteiger partial charge < -0.3 is 20.7 Å². The molecule has 1 saturated heterocycles. The van der Waals surface area contributed by atoms with Crippen molar-refractivity contribution in [2.24, 2.45) is 0 Å². The van der Waals surface area contributed by atoms with E-state index in [1.165, 1.54) is 0 Å². The second kappa shape index (κ2) is 10.2. The second-order valence-electron chi connectivity index (χ2n) is 10.6. The zero-order valence-electron chi connectivity index (χ0n) is 22.2. The first-order valence-corrected chi connectivity index (χ1v) is 12.9. The standard InChI is InChI=1S/C28H32N8O3/c1-28(2,3)39-27(38)35-13-7-8-19(16-35)32-24-22(25(30)33-34-26(24)37)23(29)17-11-12-21-18(14-17)15-31-36(21)20-9-5-4-6-10-20/h4-6,9-12,14-15,19,29H,7-8,13,16H2,1-3H3,(H,34,37)(H3,30,32,33). The number of carbonyl (C=O) groups excluding carboxylic acids is 1. The third-order valence-corrected chi connectivity index (χ3v) is 6.54. The van der Waals surface area contributed by atoms with Crippen molar-refractivity contribution in [3.05, 3.63) is 76.2 Å². The van der Waals surface area contributed by atoms with Crippen LogP contribution in [0.15, 0.2) is 59.5 Å². The van der Waals surface area contributed by atoms with E-state index < -0.39 is 17.3 Å². The molecule has 4 aromatic rings. The zero-order valence-corrected chi connectivity index (χ0v) is 22.2. The van der Waals surface area contributed by atoms with Gasteiger partial charge in [0.25, 0.3) is 5.56 Å². The Hall–Kier alpha value is -4.67. The summed E-state index contributed by atoms with van der Waals surface area (Å²) in [7, 11) is 0. The Morgan fingerprint density at radius 3 is 2.72 bits per heavy atom. The van der Waals surface area contributed by atoms with E-state index in [1.54, 1.807) is 17.2 Å². The first-order valence-electron chi connectivity index (χ1n) is 12.9. The van der Waals surface area contributed by atoms with Gasteiger partial charge in [0.15, 0.2) is 5.82 Å². The molecule has 0 spiro atoms. The maximum absolute atomic E-state index is 12.9. The molecule has 5 rings (SSSR count). The smallest absolute Gasteiger partial charge is 0.410 e. The van der Waals surface area contributed by atoms with Crippen LogP contribution in [0.2, 0.25) is 0 Å². The fraction of sp³-hybridized carbons (Fsp3) is 0.321.